The Balaban J connectivity index is 1.91. The van der Waals surface area contributed by atoms with Gasteiger partial charge < -0.3 is 10.4 Å². The van der Waals surface area contributed by atoms with Crippen LogP contribution in [0.2, 0.25) is 0 Å². The van der Waals surface area contributed by atoms with Gasteiger partial charge in [0.1, 0.15) is 0 Å². The van der Waals surface area contributed by atoms with Crippen LogP contribution < -0.4 is 10.7 Å². The van der Waals surface area contributed by atoms with Crippen molar-refractivity contribution in [3.63, 3.8) is 0 Å². The summed E-state index contributed by atoms with van der Waals surface area (Å²) in [5.41, 5.74) is 4.95. The summed E-state index contributed by atoms with van der Waals surface area (Å²) in [5, 5.41) is 24.0. The SMILES string of the molecule is O=C(NN=C(c1ccccc1)c1ccc(Br)cc1)c1cccc(N([O-])O)c1. The molecule has 0 aliphatic carbocycles. The summed E-state index contributed by atoms with van der Waals surface area (Å²) in [6, 6.07) is 22.7. The molecule has 136 valence electrons. The smallest absolute Gasteiger partial charge is 0.271 e. The summed E-state index contributed by atoms with van der Waals surface area (Å²) in [6.07, 6.45) is 0. The molecule has 0 spiro atoms. The second-order valence-corrected chi connectivity index (χ2v) is 6.51. The number of carbonyl (C=O) groups excluding carboxylic acids is 1. The maximum atomic E-state index is 12.4. The van der Waals surface area contributed by atoms with E-state index in [0.717, 1.165) is 15.6 Å². The van der Waals surface area contributed by atoms with E-state index in [4.69, 9.17) is 5.21 Å². The lowest BCUT2D eigenvalue weighted by Gasteiger charge is -2.21. The third-order valence-electron chi connectivity index (χ3n) is 3.76. The maximum absolute atomic E-state index is 12.4. The number of rotatable bonds is 5. The van der Waals surface area contributed by atoms with E-state index in [1.165, 1.54) is 24.3 Å². The van der Waals surface area contributed by atoms with Crippen LogP contribution in [-0.4, -0.2) is 16.8 Å². The summed E-state index contributed by atoms with van der Waals surface area (Å²) in [4.78, 5) is 12.4. The zero-order chi connectivity index (χ0) is 19.2. The van der Waals surface area contributed by atoms with Crippen LogP contribution in [0.4, 0.5) is 5.69 Å². The van der Waals surface area contributed by atoms with Crippen molar-refractivity contribution in [1.29, 1.82) is 0 Å². The summed E-state index contributed by atoms with van der Waals surface area (Å²) < 4.78 is 0.936. The molecule has 0 aromatic heterocycles. The molecule has 2 N–H and O–H groups in total. The van der Waals surface area contributed by atoms with Crippen LogP contribution in [0.5, 0.6) is 0 Å². The van der Waals surface area contributed by atoms with E-state index in [0.29, 0.717) is 5.71 Å². The van der Waals surface area contributed by atoms with E-state index in [1.807, 2.05) is 54.6 Å². The van der Waals surface area contributed by atoms with Gasteiger partial charge in [0.2, 0.25) is 0 Å². The Bertz CT molecular complexity index is 958. The van der Waals surface area contributed by atoms with Crippen LogP contribution in [0.25, 0.3) is 0 Å². The summed E-state index contributed by atoms with van der Waals surface area (Å²) >= 11 is 3.40. The van der Waals surface area contributed by atoms with Gasteiger partial charge >= 0.3 is 0 Å². The lowest BCUT2D eigenvalue weighted by atomic mass is 10.0. The van der Waals surface area contributed by atoms with E-state index >= 15 is 0 Å². The normalized spacial score (nSPS) is 11.1. The Labute approximate surface area is 164 Å². The minimum Gasteiger partial charge on any atom is -0.733 e. The third-order valence-corrected chi connectivity index (χ3v) is 4.29. The number of nitrogens with one attached hydrogen (secondary N) is 1. The van der Waals surface area contributed by atoms with E-state index in [2.05, 4.69) is 26.5 Å². The highest BCUT2D eigenvalue weighted by atomic mass is 79.9. The molecular formula is C20H15BrN3O3-. The first kappa shape index (κ1) is 18.8. The monoisotopic (exact) mass is 424 g/mol. The van der Waals surface area contributed by atoms with Crippen molar-refractivity contribution in [1.82, 2.24) is 5.43 Å². The van der Waals surface area contributed by atoms with Gasteiger partial charge in [-0.1, -0.05) is 64.5 Å². The van der Waals surface area contributed by atoms with Crippen molar-refractivity contribution in [2.75, 3.05) is 5.23 Å². The highest BCUT2D eigenvalue weighted by Crippen LogP contribution is 2.16. The van der Waals surface area contributed by atoms with Gasteiger partial charge in [0.15, 0.2) is 0 Å². The van der Waals surface area contributed by atoms with E-state index < -0.39 is 5.91 Å². The van der Waals surface area contributed by atoms with Gasteiger partial charge in [-0.05, 0) is 30.3 Å². The molecule has 0 aliphatic heterocycles. The van der Waals surface area contributed by atoms with Crippen molar-refractivity contribution < 1.29 is 10.0 Å². The second-order valence-electron chi connectivity index (χ2n) is 5.60. The van der Waals surface area contributed by atoms with Crippen molar-refractivity contribution in [3.8, 4) is 0 Å². The molecule has 0 atom stereocenters. The van der Waals surface area contributed by atoms with Gasteiger partial charge in [0.05, 0.1) is 11.4 Å². The van der Waals surface area contributed by atoms with Gasteiger partial charge in [-0.15, -0.1) is 0 Å². The van der Waals surface area contributed by atoms with E-state index in [9.17, 15) is 10.0 Å². The number of carbonyl (C=O) groups is 1. The number of hydrogen-bond acceptors (Lipinski definition) is 5. The average molecular weight is 425 g/mol. The fourth-order valence-electron chi connectivity index (χ4n) is 2.44. The molecule has 7 heteroatoms. The minimum absolute atomic E-state index is 0.0391. The first-order valence-electron chi connectivity index (χ1n) is 8.00. The Morgan fingerprint density at radius 3 is 2.22 bits per heavy atom. The van der Waals surface area contributed by atoms with Gasteiger partial charge in [-0.3, -0.25) is 10.0 Å². The first-order chi connectivity index (χ1) is 13.0. The second kappa shape index (κ2) is 8.59. The zero-order valence-electron chi connectivity index (χ0n) is 14.0. The molecule has 0 radical (unpaired) electrons. The highest BCUT2D eigenvalue weighted by molar-refractivity contribution is 9.10. The Kier molecular flexibility index (Phi) is 5.97. The lowest BCUT2D eigenvalue weighted by molar-refractivity contribution is 0.0955. The van der Waals surface area contributed by atoms with Crippen LogP contribution in [0.3, 0.4) is 0 Å². The standard InChI is InChI=1S/C20H15BrN3O3/c21-17-11-9-15(10-12-17)19(14-5-2-1-3-6-14)22-23-20(25)16-7-4-8-18(13-16)24(26)27/h1-13,26H,(H,23,25)/q-1. The molecule has 3 aromatic carbocycles. The topological polar surface area (TPSA) is 88.0 Å². The molecule has 0 saturated carbocycles. The van der Waals surface area contributed by atoms with Crippen molar-refractivity contribution in [2.24, 2.45) is 5.10 Å². The van der Waals surface area contributed by atoms with Crippen LogP contribution in [0, 0.1) is 5.21 Å². The predicted octanol–water partition coefficient (Wildman–Crippen LogP) is 4.32. The number of nitrogens with zero attached hydrogens (tertiary/aromatic N) is 2. The Morgan fingerprint density at radius 1 is 0.926 bits per heavy atom. The van der Waals surface area contributed by atoms with Crippen LogP contribution in [0.1, 0.15) is 21.5 Å². The molecule has 3 aromatic rings. The molecule has 1 amide bonds. The molecule has 27 heavy (non-hydrogen) atoms. The van der Waals surface area contributed by atoms with Crippen molar-refractivity contribution in [3.05, 3.63) is 105 Å². The maximum Gasteiger partial charge on any atom is 0.271 e. The number of amides is 1. The molecule has 0 fully saturated rings. The Hall–Kier alpha value is -3.00. The fraction of sp³-hybridized carbons (Fsp3) is 0. The third kappa shape index (κ3) is 4.79. The molecule has 0 saturated heterocycles. The van der Waals surface area contributed by atoms with E-state index in [1.54, 1.807) is 0 Å². The van der Waals surface area contributed by atoms with Crippen LogP contribution >= 0.6 is 15.9 Å². The van der Waals surface area contributed by atoms with E-state index in [-0.39, 0.29) is 16.5 Å². The first-order valence-corrected chi connectivity index (χ1v) is 8.79. The van der Waals surface area contributed by atoms with Crippen LogP contribution in [-0.2, 0) is 0 Å². The minimum atomic E-state index is -0.496. The average Bonchev–Trinajstić information content (AvgIpc) is 2.70. The number of halogens is 1. The number of hydrazone groups is 1. The number of benzene rings is 3. The number of anilines is 1. The van der Waals surface area contributed by atoms with Gasteiger partial charge in [0.25, 0.3) is 5.91 Å². The van der Waals surface area contributed by atoms with Gasteiger partial charge in [-0.2, -0.15) is 5.10 Å². The molecular weight excluding hydrogens is 410 g/mol. The van der Waals surface area contributed by atoms with Crippen molar-refractivity contribution in [2.45, 2.75) is 0 Å². The zero-order valence-corrected chi connectivity index (χ0v) is 15.6. The lowest BCUT2D eigenvalue weighted by Crippen LogP contribution is -2.21. The molecule has 0 bridgehead atoms. The summed E-state index contributed by atoms with van der Waals surface area (Å²) in [5.74, 6) is -0.496. The van der Waals surface area contributed by atoms with Crippen LogP contribution in [0.15, 0.2) is 88.4 Å². The molecule has 6 nitrogen and oxygen atoms in total. The largest absolute Gasteiger partial charge is 0.733 e. The molecule has 0 heterocycles. The number of hydrogen-bond donors (Lipinski definition) is 2. The highest BCUT2D eigenvalue weighted by Gasteiger charge is 2.10. The molecule has 3 rings (SSSR count). The van der Waals surface area contributed by atoms with Gasteiger partial charge in [-0.25, -0.2) is 5.43 Å². The van der Waals surface area contributed by atoms with Crippen molar-refractivity contribution >= 4 is 33.2 Å². The van der Waals surface area contributed by atoms with Gasteiger partial charge in [0, 0.05) is 21.2 Å². The summed E-state index contributed by atoms with van der Waals surface area (Å²) in [6.45, 7) is 0. The summed E-state index contributed by atoms with van der Waals surface area (Å²) in [7, 11) is 0. The fourth-order valence-corrected chi connectivity index (χ4v) is 2.70. The molecule has 0 unspecified atom stereocenters. The quantitative estimate of drug-likeness (QED) is 0.471. The molecule has 0 aliphatic rings. The predicted molar refractivity (Wildman–Crippen MR) is 108 cm³/mol. The Morgan fingerprint density at radius 2 is 1.56 bits per heavy atom.